The van der Waals surface area contributed by atoms with Gasteiger partial charge in [0.2, 0.25) is 5.91 Å². The molecule has 1 aliphatic heterocycles. The molecular weight excluding hydrogens is 813 g/mol. The van der Waals surface area contributed by atoms with Crippen LogP contribution in [0.3, 0.4) is 0 Å². The largest absolute Gasteiger partial charge is 0.331 e. The fourth-order valence-corrected chi connectivity index (χ4v) is 6.80. The fourth-order valence-electron chi connectivity index (χ4n) is 5.76. The summed E-state index contributed by atoms with van der Waals surface area (Å²) >= 11 is 23.4. The van der Waals surface area contributed by atoms with Crippen molar-refractivity contribution in [2.45, 2.75) is 11.8 Å². The molecule has 8 heteroatoms. The first-order valence-electron chi connectivity index (χ1n) is 14.3. The number of hydrogen-bond donors (Lipinski definition) is 1. The molecule has 2 unspecified atom stereocenters. The Morgan fingerprint density at radius 2 is 0.935 bits per heavy atom. The van der Waals surface area contributed by atoms with E-state index in [1.165, 1.54) is 0 Å². The van der Waals surface area contributed by atoms with Gasteiger partial charge in [-0.2, -0.15) is 0 Å². The van der Waals surface area contributed by atoms with E-state index in [4.69, 9.17) is 23.2 Å². The summed E-state index contributed by atoms with van der Waals surface area (Å²) in [7, 11) is 0. The van der Waals surface area contributed by atoms with Crippen LogP contribution < -0.4 is 5.32 Å². The first-order chi connectivity index (χ1) is 22.2. The SMILES string of the molecule is O=C(C1=CNC(=O)C(c2ccc(Br)cc2)C(c2ccc(Cl)cc2)=C(c2ccc(Br)cc2)C1c1ccc(Cl)cc1)c1ccc(Br)cc1. The number of rotatable bonds is 6. The van der Waals surface area contributed by atoms with Crippen LogP contribution in [0.1, 0.15) is 44.4 Å². The third-order valence-electron chi connectivity index (χ3n) is 7.90. The van der Waals surface area contributed by atoms with Crippen molar-refractivity contribution in [3.63, 3.8) is 0 Å². The maximum Gasteiger partial charge on any atom is 0.235 e. The van der Waals surface area contributed by atoms with Gasteiger partial charge in [0.25, 0.3) is 0 Å². The molecule has 3 nitrogen and oxygen atoms in total. The predicted octanol–water partition coefficient (Wildman–Crippen LogP) is 11.7. The number of carbonyl (C=O) groups is 2. The van der Waals surface area contributed by atoms with E-state index in [0.717, 1.165) is 46.8 Å². The summed E-state index contributed by atoms with van der Waals surface area (Å²) in [5, 5.41) is 4.18. The standard InChI is InChI=1S/C38H24Br3Cl2NO2/c39-27-11-1-23(2-12-27)34-33(22-7-17-30(42)18-8-22)32(37(45)26-5-15-29(41)16-6-26)21-44-38(46)36(25-3-13-28(40)14-4-25)35(34)24-9-19-31(43)20-10-24/h1-21,33,36H,(H,44,46). The molecule has 1 N–H and O–H groups in total. The van der Waals surface area contributed by atoms with Gasteiger partial charge in [-0.15, -0.1) is 0 Å². The van der Waals surface area contributed by atoms with Crippen molar-refractivity contribution in [2.24, 2.45) is 0 Å². The lowest BCUT2D eigenvalue weighted by Crippen LogP contribution is -2.31. The van der Waals surface area contributed by atoms with Gasteiger partial charge < -0.3 is 5.32 Å². The quantitative estimate of drug-likeness (QED) is 0.173. The first-order valence-corrected chi connectivity index (χ1v) is 17.4. The topological polar surface area (TPSA) is 46.2 Å². The Kier molecular flexibility index (Phi) is 10.1. The summed E-state index contributed by atoms with van der Waals surface area (Å²) in [6.45, 7) is 0. The number of benzene rings is 5. The molecule has 228 valence electrons. The molecule has 5 aromatic rings. The Bertz CT molecular complexity index is 1970. The molecule has 0 saturated carbocycles. The van der Waals surface area contributed by atoms with Gasteiger partial charge in [-0.05, 0) is 106 Å². The van der Waals surface area contributed by atoms with Gasteiger partial charge in [-0.1, -0.05) is 120 Å². The number of hydrogen-bond acceptors (Lipinski definition) is 2. The monoisotopic (exact) mass is 833 g/mol. The van der Waals surface area contributed by atoms with Crippen LogP contribution in [0.2, 0.25) is 10.0 Å². The highest BCUT2D eigenvalue weighted by Crippen LogP contribution is 2.49. The average Bonchev–Trinajstić information content (AvgIpc) is 3.05. The number of ketones is 1. The summed E-state index contributed by atoms with van der Waals surface area (Å²) in [4.78, 5) is 28.9. The van der Waals surface area contributed by atoms with Crippen LogP contribution >= 0.6 is 71.0 Å². The Labute approximate surface area is 302 Å². The lowest BCUT2D eigenvalue weighted by Gasteiger charge is -2.33. The number of Topliss-reactive ketones (excluding diaryl/α,β-unsaturated/α-hetero) is 1. The summed E-state index contributed by atoms with van der Waals surface area (Å²) in [6, 6.07) is 37.9. The van der Waals surface area contributed by atoms with Crippen LogP contribution in [-0.4, -0.2) is 11.7 Å². The van der Waals surface area contributed by atoms with Gasteiger partial charge in [0.1, 0.15) is 0 Å². The molecule has 0 aliphatic carbocycles. The molecular formula is C38H24Br3Cl2NO2. The third-order valence-corrected chi connectivity index (χ3v) is 9.99. The number of nitrogens with one attached hydrogen (secondary N) is 1. The van der Waals surface area contributed by atoms with Crippen LogP contribution in [0.5, 0.6) is 0 Å². The average molecular weight is 837 g/mol. The highest BCUT2D eigenvalue weighted by atomic mass is 79.9. The van der Waals surface area contributed by atoms with Crippen LogP contribution in [0.4, 0.5) is 0 Å². The number of allylic oxidation sites excluding steroid dienone is 2. The molecule has 0 aromatic heterocycles. The fraction of sp³-hybridized carbons (Fsp3) is 0.0526. The molecule has 0 saturated heterocycles. The summed E-state index contributed by atoms with van der Waals surface area (Å²) in [5.41, 5.74) is 5.79. The molecule has 0 fully saturated rings. The van der Waals surface area contributed by atoms with Crippen LogP contribution in [-0.2, 0) is 4.79 Å². The zero-order valence-corrected chi connectivity index (χ0v) is 30.3. The van der Waals surface area contributed by atoms with Crippen molar-refractivity contribution in [1.29, 1.82) is 0 Å². The molecule has 1 amide bonds. The molecule has 1 aliphatic rings. The van der Waals surface area contributed by atoms with Gasteiger partial charge in [0, 0.05) is 46.7 Å². The molecule has 0 bridgehead atoms. The van der Waals surface area contributed by atoms with E-state index < -0.39 is 11.8 Å². The molecule has 46 heavy (non-hydrogen) atoms. The van der Waals surface area contributed by atoms with E-state index >= 15 is 0 Å². The van der Waals surface area contributed by atoms with Crippen LogP contribution in [0, 0.1) is 0 Å². The van der Waals surface area contributed by atoms with Crippen LogP contribution in [0.25, 0.3) is 11.1 Å². The van der Waals surface area contributed by atoms with Crippen molar-refractivity contribution in [3.05, 3.63) is 184 Å². The summed E-state index contributed by atoms with van der Waals surface area (Å²) in [5.74, 6) is -1.81. The maximum absolute atomic E-state index is 14.5. The van der Waals surface area contributed by atoms with E-state index in [-0.39, 0.29) is 11.7 Å². The van der Waals surface area contributed by atoms with Gasteiger partial charge in [0.15, 0.2) is 5.78 Å². The molecule has 0 radical (unpaired) electrons. The first kappa shape index (κ1) is 32.7. The molecule has 1 heterocycles. The summed E-state index contributed by atoms with van der Waals surface area (Å²) in [6.07, 6.45) is 1.58. The maximum atomic E-state index is 14.5. The Morgan fingerprint density at radius 3 is 1.48 bits per heavy atom. The number of carbonyl (C=O) groups excluding carboxylic acids is 2. The minimum Gasteiger partial charge on any atom is -0.331 e. The second-order valence-corrected chi connectivity index (χ2v) is 14.4. The molecule has 2 atom stereocenters. The van der Waals surface area contributed by atoms with Gasteiger partial charge >= 0.3 is 0 Å². The van der Waals surface area contributed by atoms with Crippen molar-refractivity contribution < 1.29 is 9.59 Å². The predicted molar refractivity (Wildman–Crippen MR) is 198 cm³/mol. The number of amides is 1. The highest BCUT2D eigenvalue weighted by Gasteiger charge is 2.37. The van der Waals surface area contributed by atoms with E-state index in [2.05, 4.69) is 53.1 Å². The van der Waals surface area contributed by atoms with Gasteiger partial charge in [-0.3, -0.25) is 9.59 Å². The Morgan fingerprint density at radius 1 is 0.543 bits per heavy atom. The molecule has 6 rings (SSSR count). The zero-order valence-electron chi connectivity index (χ0n) is 24.0. The van der Waals surface area contributed by atoms with E-state index in [0.29, 0.717) is 21.2 Å². The van der Waals surface area contributed by atoms with Gasteiger partial charge in [0.05, 0.1) is 5.92 Å². The smallest absolute Gasteiger partial charge is 0.235 e. The van der Waals surface area contributed by atoms with E-state index in [9.17, 15) is 9.59 Å². The van der Waals surface area contributed by atoms with Crippen molar-refractivity contribution in [3.8, 4) is 0 Å². The van der Waals surface area contributed by atoms with Crippen molar-refractivity contribution >= 4 is 93.8 Å². The minimum absolute atomic E-state index is 0.208. The van der Waals surface area contributed by atoms with E-state index in [1.807, 2.05) is 109 Å². The molecule has 0 spiro atoms. The second-order valence-electron chi connectivity index (χ2n) is 10.8. The highest BCUT2D eigenvalue weighted by molar-refractivity contribution is 9.11. The minimum atomic E-state index is -0.733. The summed E-state index contributed by atoms with van der Waals surface area (Å²) < 4.78 is 2.66. The van der Waals surface area contributed by atoms with Gasteiger partial charge in [-0.25, -0.2) is 0 Å². The lowest BCUT2D eigenvalue weighted by molar-refractivity contribution is -0.120. The Hall–Kier alpha value is -3.26. The van der Waals surface area contributed by atoms with Crippen LogP contribution in [0.15, 0.2) is 147 Å². The molecule has 5 aromatic carbocycles. The van der Waals surface area contributed by atoms with Crippen molar-refractivity contribution in [1.82, 2.24) is 5.32 Å². The second kappa shape index (κ2) is 14.2. The lowest BCUT2D eigenvalue weighted by atomic mass is 9.71. The normalized spacial score (nSPS) is 16.7. The Balaban J connectivity index is 1.75. The van der Waals surface area contributed by atoms with E-state index in [1.54, 1.807) is 18.3 Å². The third kappa shape index (κ3) is 7.02. The van der Waals surface area contributed by atoms with Crippen molar-refractivity contribution in [2.75, 3.05) is 0 Å². The zero-order chi connectivity index (χ0) is 32.4. The number of halogens is 5.